The van der Waals surface area contributed by atoms with Crippen LogP contribution in [0.1, 0.15) is 18.5 Å². The molecule has 0 spiro atoms. The van der Waals surface area contributed by atoms with Crippen LogP contribution in [0.5, 0.6) is 0 Å². The first-order valence-corrected chi connectivity index (χ1v) is 6.62. The predicted molar refractivity (Wildman–Crippen MR) is 73.4 cm³/mol. The molecule has 0 amide bonds. The molecule has 1 N–H and O–H groups in total. The third-order valence-electron chi connectivity index (χ3n) is 2.38. The highest BCUT2D eigenvalue weighted by molar-refractivity contribution is 9.10. The Morgan fingerprint density at radius 3 is 2.61 bits per heavy atom. The Morgan fingerprint density at radius 1 is 1.39 bits per heavy atom. The van der Waals surface area contributed by atoms with Crippen LogP contribution in [0.3, 0.4) is 0 Å². The van der Waals surface area contributed by atoms with Gasteiger partial charge in [-0.05, 0) is 24.6 Å². The summed E-state index contributed by atoms with van der Waals surface area (Å²) in [5.74, 6) is -0.268. The second-order valence-corrected chi connectivity index (χ2v) is 4.60. The van der Waals surface area contributed by atoms with Gasteiger partial charge in [-0.25, -0.2) is 4.79 Å². The Bertz CT molecular complexity index is 367. The van der Waals surface area contributed by atoms with Crippen LogP contribution < -0.4 is 5.32 Å². The zero-order chi connectivity index (χ0) is 13.4. The largest absolute Gasteiger partial charge is 0.465 e. The minimum absolute atomic E-state index is 0.268. The Balaban J connectivity index is 2.75. The topological polar surface area (TPSA) is 47.6 Å². The summed E-state index contributed by atoms with van der Waals surface area (Å²) < 4.78 is 11.0. The summed E-state index contributed by atoms with van der Waals surface area (Å²) in [5, 5.41) is 3.13. The van der Waals surface area contributed by atoms with Crippen LogP contribution in [0.2, 0.25) is 0 Å². The number of carbonyl (C=O) groups excluding carboxylic acids is 1. The van der Waals surface area contributed by atoms with Crippen molar-refractivity contribution in [3.05, 3.63) is 34.3 Å². The lowest BCUT2D eigenvalue weighted by Gasteiger charge is -2.17. The van der Waals surface area contributed by atoms with Gasteiger partial charge in [-0.15, -0.1) is 0 Å². The van der Waals surface area contributed by atoms with Crippen molar-refractivity contribution in [2.24, 2.45) is 0 Å². The minimum Gasteiger partial charge on any atom is -0.465 e. The molecule has 0 radical (unpaired) electrons. The van der Waals surface area contributed by atoms with Gasteiger partial charge >= 0.3 is 5.97 Å². The van der Waals surface area contributed by atoms with Gasteiger partial charge in [0, 0.05) is 18.1 Å². The average molecular weight is 316 g/mol. The van der Waals surface area contributed by atoms with Gasteiger partial charge in [0.1, 0.15) is 6.04 Å². The van der Waals surface area contributed by atoms with Crippen molar-refractivity contribution in [3.63, 3.8) is 0 Å². The molecule has 0 aliphatic rings. The van der Waals surface area contributed by atoms with Crippen LogP contribution in [0.25, 0.3) is 0 Å². The number of halogens is 1. The Kier molecular flexibility index (Phi) is 6.93. The van der Waals surface area contributed by atoms with Gasteiger partial charge in [0.2, 0.25) is 0 Å². The van der Waals surface area contributed by atoms with Crippen LogP contribution in [0.15, 0.2) is 28.7 Å². The van der Waals surface area contributed by atoms with E-state index in [2.05, 4.69) is 21.2 Å². The zero-order valence-corrected chi connectivity index (χ0v) is 12.2. The van der Waals surface area contributed by atoms with Crippen molar-refractivity contribution >= 4 is 21.9 Å². The van der Waals surface area contributed by atoms with Crippen LogP contribution >= 0.6 is 15.9 Å². The number of benzene rings is 1. The quantitative estimate of drug-likeness (QED) is 0.619. The molecule has 1 unspecified atom stereocenters. The van der Waals surface area contributed by atoms with Gasteiger partial charge in [0.15, 0.2) is 0 Å². The van der Waals surface area contributed by atoms with E-state index >= 15 is 0 Å². The van der Waals surface area contributed by atoms with Crippen molar-refractivity contribution in [2.45, 2.75) is 13.0 Å². The summed E-state index contributed by atoms with van der Waals surface area (Å²) in [5.41, 5.74) is 0.882. The summed E-state index contributed by atoms with van der Waals surface area (Å²) in [6, 6.07) is 7.14. The van der Waals surface area contributed by atoms with E-state index in [1.54, 1.807) is 14.0 Å². The van der Waals surface area contributed by atoms with E-state index in [-0.39, 0.29) is 5.97 Å². The van der Waals surface area contributed by atoms with Crippen LogP contribution in [-0.4, -0.2) is 32.8 Å². The summed E-state index contributed by atoms with van der Waals surface area (Å²) in [4.78, 5) is 11.9. The standard InChI is InChI=1S/C13H18BrNO3/c1-3-18-13(16)12(15-8-9-17-2)10-4-6-11(14)7-5-10/h4-7,12,15H,3,8-9H2,1-2H3. The first kappa shape index (κ1) is 15.1. The van der Waals surface area contributed by atoms with Gasteiger partial charge in [-0.1, -0.05) is 28.1 Å². The van der Waals surface area contributed by atoms with Crippen molar-refractivity contribution in [1.82, 2.24) is 5.32 Å². The molecule has 1 rings (SSSR count). The molecule has 0 heterocycles. The molecule has 0 fully saturated rings. The zero-order valence-electron chi connectivity index (χ0n) is 10.6. The van der Waals surface area contributed by atoms with Crippen LogP contribution in [-0.2, 0) is 14.3 Å². The number of hydrogen-bond donors (Lipinski definition) is 1. The van der Waals surface area contributed by atoms with Gasteiger partial charge < -0.3 is 9.47 Å². The van der Waals surface area contributed by atoms with E-state index in [1.807, 2.05) is 24.3 Å². The van der Waals surface area contributed by atoms with E-state index in [0.717, 1.165) is 10.0 Å². The third-order valence-corrected chi connectivity index (χ3v) is 2.91. The maximum Gasteiger partial charge on any atom is 0.327 e. The van der Waals surface area contributed by atoms with Gasteiger partial charge in [-0.2, -0.15) is 0 Å². The summed E-state index contributed by atoms with van der Waals surface area (Å²) >= 11 is 3.37. The van der Waals surface area contributed by atoms with Crippen molar-refractivity contribution in [3.8, 4) is 0 Å². The lowest BCUT2D eigenvalue weighted by atomic mass is 10.1. The van der Waals surface area contributed by atoms with Gasteiger partial charge in [0.25, 0.3) is 0 Å². The first-order chi connectivity index (χ1) is 8.69. The lowest BCUT2D eigenvalue weighted by molar-refractivity contribution is -0.145. The number of methoxy groups -OCH3 is 1. The number of hydrogen-bond acceptors (Lipinski definition) is 4. The van der Waals surface area contributed by atoms with Crippen molar-refractivity contribution in [1.29, 1.82) is 0 Å². The van der Waals surface area contributed by atoms with Crippen molar-refractivity contribution in [2.75, 3.05) is 26.9 Å². The summed E-state index contributed by atoms with van der Waals surface area (Å²) in [7, 11) is 1.63. The summed E-state index contributed by atoms with van der Waals surface area (Å²) in [6.45, 7) is 3.31. The van der Waals surface area contributed by atoms with E-state index < -0.39 is 6.04 Å². The summed E-state index contributed by atoms with van der Waals surface area (Å²) in [6.07, 6.45) is 0. The fourth-order valence-electron chi connectivity index (χ4n) is 1.52. The molecular weight excluding hydrogens is 298 g/mol. The molecule has 0 saturated carbocycles. The average Bonchev–Trinajstić information content (AvgIpc) is 2.36. The van der Waals surface area contributed by atoms with E-state index in [1.165, 1.54) is 0 Å². The molecular formula is C13H18BrNO3. The third kappa shape index (κ3) is 4.76. The monoisotopic (exact) mass is 315 g/mol. The predicted octanol–water partition coefficient (Wildman–Crippen LogP) is 2.29. The molecule has 5 heteroatoms. The van der Waals surface area contributed by atoms with Crippen LogP contribution in [0, 0.1) is 0 Å². The second-order valence-electron chi connectivity index (χ2n) is 3.68. The van der Waals surface area contributed by atoms with Gasteiger partial charge in [-0.3, -0.25) is 5.32 Å². The fraction of sp³-hybridized carbons (Fsp3) is 0.462. The molecule has 100 valence electrons. The highest BCUT2D eigenvalue weighted by atomic mass is 79.9. The lowest BCUT2D eigenvalue weighted by Crippen LogP contribution is -2.32. The highest BCUT2D eigenvalue weighted by Crippen LogP contribution is 2.18. The number of esters is 1. The van der Waals surface area contributed by atoms with E-state index in [9.17, 15) is 4.79 Å². The normalized spacial score (nSPS) is 12.2. The smallest absolute Gasteiger partial charge is 0.327 e. The SMILES string of the molecule is CCOC(=O)C(NCCOC)c1ccc(Br)cc1. The molecule has 0 aliphatic carbocycles. The molecule has 1 atom stereocenters. The van der Waals surface area contributed by atoms with E-state index in [4.69, 9.17) is 9.47 Å². The highest BCUT2D eigenvalue weighted by Gasteiger charge is 2.20. The molecule has 4 nitrogen and oxygen atoms in total. The Hall–Kier alpha value is -0.910. The number of nitrogens with one attached hydrogen (secondary N) is 1. The van der Waals surface area contributed by atoms with Gasteiger partial charge in [0.05, 0.1) is 13.2 Å². The maximum atomic E-state index is 11.9. The van der Waals surface area contributed by atoms with E-state index in [0.29, 0.717) is 19.8 Å². The number of rotatable bonds is 7. The molecule has 0 bridgehead atoms. The Labute approximate surface area is 116 Å². The minimum atomic E-state index is -0.451. The number of carbonyl (C=O) groups is 1. The molecule has 18 heavy (non-hydrogen) atoms. The van der Waals surface area contributed by atoms with Crippen molar-refractivity contribution < 1.29 is 14.3 Å². The fourth-order valence-corrected chi connectivity index (χ4v) is 1.79. The first-order valence-electron chi connectivity index (χ1n) is 5.83. The molecule has 0 aliphatic heterocycles. The molecule has 0 saturated heterocycles. The molecule has 0 aromatic heterocycles. The maximum absolute atomic E-state index is 11.9. The Morgan fingerprint density at radius 2 is 2.06 bits per heavy atom. The van der Waals surface area contributed by atoms with Crippen LogP contribution in [0.4, 0.5) is 0 Å². The molecule has 1 aromatic carbocycles. The second kappa shape index (κ2) is 8.24. The number of ether oxygens (including phenoxy) is 2. The molecule has 1 aromatic rings.